The molecule has 1 rings (SSSR count). The SMILES string of the molecule is Cc1c(Cl)cccc1C(=O)NC(CC(=O)O)CC(C)(C)C. The van der Waals surface area contributed by atoms with Crippen LogP contribution in [0.3, 0.4) is 0 Å². The number of nitrogens with one attached hydrogen (secondary N) is 1. The molecule has 1 aromatic carbocycles. The summed E-state index contributed by atoms with van der Waals surface area (Å²) in [6.45, 7) is 7.81. The largest absolute Gasteiger partial charge is 0.481 e. The van der Waals surface area contributed by atoms with Gasteiger partial charge in [0.15, 0.2) is 0 Å². The zero-order valence-electron chi connectivity index (χ0n) is 12.9. The van der Waals surface area contributed by atoms with Crippen molar-refractivity contribution in [3.8, 4) is 0 Å². The molecular formula is C16H22ClNO3. The summed E-state index contributed by atoms with van der Waals surface area (Å²) in [7, 11) is 0. The number of halogens is 1. The molecule has 0 bridgehead atoms. The lowest BCUT2D eigenvalue weighted by Gasteiger charge is -2.26. The van der Waals surface area contributed by atoms with Crippen molar-refractivity contribution in [3.63, 3.8) is 0 Å². The predicted octanol–water partition coefficient (Wildman–Crippen LogP) is 3.66. The second-order valence-electron chi connectivity index (χ2n) is 6.45. The minimum Gasteiger partial charge on any atom is -0.481 e. The van der Waals surface area contributed by atoms with E-state index < -0.39 is 12.0 Å². The Morgan fingerprint density at radius 3 is 2.48 bits per heavy atom. The molecule has 1 unspecified atom stereocenters. The maximum Gasteiger partial charge on any atom is 0.305 e. The highest BCUT2D eigenvalue weighted by atomic mass is 35.5. The van der Waals surface area contributed by atoms with Crippen LogP contribution < -0.4 is 5.32 Å². The first-order valence-corrected chi connectivity index (χ1v) is 7.26. The van der Waals surface area contributed by atoms with Crippen LogP contribution in [0.25, 0.3) is 0 Å². The molecule has 0 fully saturated rings. The lowest BCUT2D eigenvalue weighted by molar-refractivity contribution is -0.137. The van der Waals surface area contributed by atoms with Crippen LogP contribution in [0.2, 0.25) is 5.02 Å². The smallest absolute Gasteiger partial charge is 0.305 e. The van der Waals surface area contributed by atoms with Crippen molar-refractivity contribution in [3.05, 3.63) is 34.3 Å². The first kappa shape index (κ1) is 17.5. The number of hydrogen-bond acceptors (Lipinski definition) is 2. The third kappa shape index (κ3) is 5.76. The molecular weight excluding hydrogens is 290 g/mol. The van der Waals surface area contributed by atoms with Crippen LogP contribution in [0.4, 0.5) is 0 Å². The van der Waals surface area contributed by atoms with Crippen molar-refractivity contribution in [2.24, 2.45) is 5.41 Å². The minimum absolute atomic E-state index is 0.0726. The number of hydrogen-bond donors (Lipinski definition) is 2. The summed E-state index contributed by atoms with van der Waals surface area (Å²) in [5.41, 5.74) is 1.10. The standard InChI is InChI=1S/C16H22ClNO3/c1-10-12(6-5-7-13(10)17)15(21)18-11(8-14(19)20)9-16(2,3)4/h5-7,11H,8-9H2,1-4H3,(H,18,21)(H,19,20). The van der Waals surface area contributed by atoms with Crippen molar-refractivity contribution in [2.45, 2.75) is 46.6 Å². The molecule has 1 aromatic rings. The average Bonchev–Trinajstić information content (AvgIpc) is 2.29. The Labute approximate surface area is 130 Å². The van der Waals surface area contributed by atoms with Gasteiger partial charge in [0.2, 0.25) is 0 Å². The molecule has 0 aromatic heterocycles. The molecule has 0 aliphatic carbocycles. The fraction of sp³-hybridized carbons (Fsp3) is 0.500. The van der Waals surface area contributed by atoms with E-state index in [-0.39, 0.29) is 17.7 Å². The van der Waals surface area contributed by atoms with Gasteiger partial charge in [-0.1, -0.05) is 38.4 Å². The number of carboxylic acids is 1. The van der Waals surface area contributed by atoms with E-state index in [1.165, 1.54) is 0 Å². The topological polar surface area (TPSA) is 66.4 Å². The van der Waals surface area contributed by atoms with Crippen LogP contribution in [0, 0.1) is 12.3 Å². The van der Waals surface area contributed by atoms with Gasteiger partial charge in [-0.05, 0) is 36.5 Å². The Kier molecular flexibility index (Phi) is 5.78. The van der Waals surface area contributed by atoms with E-state index in [4.69, 9.17) is 16.7 Å². The van der Waals surface area contributed by atoms with Gasteiger partial charge in [-0.25, -0.2) is 0 Å². The summed E-state index contributed by atoms with van der Waals surface area (Å²) < 4.78 is 0. The number of rotatable bonds is 5. The van der Waals surface area contributed by atoms with Gasteiger partial charge in [0.25, 0.3) is 5.91 Å². The van der Waals surface area contributed by atoms with Gasteiger partial charge in [-0.3, -0.25) is 9.59 Å². The molecule has 0 saturated heterocycles. The average molecular weight is 312 g/mol. The summed E-state index contributed by atoms with van der Waals surface area (Å²) in [4.78, 5) is 23.3. The van der Waals surface area contributed by atoms with Gasteiger partial charge in [0.1, 0.15) is 0 Å². The lowest BCUT2D eigenvalue weighted by Crippen LogP contribution is -2.39. The molecule has 4 nitrogen and oxygen atoms in total. The van der Waals surface area contributed by atoms with Crippen molar-refractivity contribution in [1.82, 2.24) is 5.32 Å². The highest BCUT2D eigenvalue weighted by Gasteiger charge is 2.23. The van der Waals surface area contributed by atoms with Crippen molar-refractivity contribution in [2.75, 3.05) is 0 Å². The van der Waals surface area contributed by atoms with Crippen LogP contribution in [0.15, 0.2) is 18.2 Å². The fourth-order valence-corrected chi connectivity index (χ4v) is 2.42. The maximum absolute atomic E-state index is 12.3. The second kappa shape index (κ2) is 6.94. The van der Waals surface area contributed by atoms with Crippen LogP contribution in [-0.4, -0.2) is 23.0 Å². The third-order valence-electron chi connectivity index (χ3n) is 3.13. The predicted molar refractivity (Wildman–Crippen MR) is 83.8 cm³/mol. The normalized spacial score (nSPS) is 12.8. The molecule has 21 heavy (non-hydrogen) atoms. The van der Waals surface area contributed by atoms with Crippen LogP contribution in [0.1, 0.15) is 49.5 Å². The van der Waals surface area contributed by atoms with Crippen LogP contribution in [-0.2, 0) is 4.79 Å². The zero-order chi connectivity index (χ0) is 16.2. The van der Waals surface area contributed by atoms with E-state index in [2.05, 4.69) is 5.32 Å². The fourth-order valence-electron chi connectivity index (χ4n) is 2.24. The first-order valence-electron chi connectivity index (χ1n) is 6.88. The zero-order valence-corrected chi connectivity index (χ0v) is 13.6. The maximum atomic E-state index is 12.3. The molecule has 0 aliphatic heterocycles. The molecule has 2 N–H and O–H groups in total. The Bertz CT molecular complexity index is 535. The highest BCUT2D eigenvalue weighted by Crippen LogP contribution is 2.23. The second-order valence-corrected chi connectivity index (χ2v) is 6.85. The number of amides is 1. The number of carbonyl (C=O) groups is 2. The summed E-state index contributed by atoms with van der Waals surface area (Å²) >= 11 is 6.01. The third-order valence-corrected chi connectivity index (χ3v) is 3.54. The number of carboxylic acid groups (broad SMARTS) is 1. The van der Waals surface area contributed by atoms with Gasteiger partial charge in [-0.15, -0.1) is 0 Å². The van der Waals surface area contributed by atoms with Gasteiger partial charge in [0, 0.05) is 16.6 Å². The Morgan fingerprint density at radius 1 is 1.33 bits per heavy atom. The lowest BCUT2D eigenvalue weighted by atomic mass is 9.87. The van der Waals surface area contributed by atoms with E-state index in [1.54, 1.807) is 25.1 Å². The molecule has 0 spiro atoms. The van der Waals surface area contributed by atoms with E-state index in [1.807, 2.05) is 20.8 Å². The molecule has 1 amide bonds. The molecule has 5 heteroatoms. The van der Waals surface area contributed by atoms with E-state index >= 15 is 0 Å². The number of carbonyl (C=O) groups excluding carboxylic acids is 1. The van der Waals surface area contributed by atoms with Gasteiger partial charge in [-0.2, -0.15) is 0 Å². The summed E-state index contributed by atoms with van der Waals surface area (Å²) in [5.74, 6) is -1.21. The van der Waals surface area contributed by atoms with Crippen LogP contribution >= 0.6 is 11.6 Å². The summed E-state index contributed by atoms with van der Waals surface area (Å²) in [5, 5.41) is 12.3. The summed E-state index contributed by atoms with van der Waals surface area (Å²) in [6, 6.07) is 4.71. The molecule has 0 aliphatic rings. The van der Waals surface area contributed by atoms with E-state index in [0.29, 0.717) is 22.6 Å². The quantitative estimate of drug-likeness (QED) is 0.872. The van der Waals surface area contributed by atoms with Crippen molar-refractivity contribution < 1.29 is 14.7 Å². The van der Waals surface area contributed by atoms with E-state index in [9.17, 15) is 9.59 Å². The highest BCUT2D eigenvalue weighted by molar-refractivity contribution is 6.31. The molecule has 0 heterocycles. The number of aliphatic carboxylic acids is 1. The van der Waals surface area contributed by atoms with Gasteiger partial charge >= 0.3 is 5.97 Å². The Hall–Kier alpha value is -1.55. The van der Waals surface area contributed by atoms with E-state index in [0.717, 1.165) is 0 Å². The van der Waals surface area contributed by atoms with Crippen molar-refractivity contribution in [1.29, 1.82) is 0 Å². The molecule has 0 saturated carbocycles. The minimum atomic E-state index is -0.924. The molecule has 116 valence electrons. The van der Waals surface area contributed by atoms with Crippen LogP contribution in [0.5, 0.6) is 0 Å². The number of benzene rings is 1. The van der Waals surface area contributed by atoms with Gasteiger partial charge < -0.3 is 10.4 Å². The summed E-state index contributed by atoms with van der Waals surface area (Å²) in [6.07, 6.45) is 0.493. The molecule has 1 atom stereocenters. The Balaban J connectivity index is 2.89. The van der Waals surface area contributed by atoms with Crippen molar-refractivity contribution >= 4 is 23.5 Å². The monoisotopic (exact) mass is 311 g/mol. The van der Waals surface area contributed by atoms with Gasteiger partial charge in [0.05, 0.1) is 6.42 Å². The first-order chi connectivity index (χ1) is 9.60. The Morgan fingerprint density at radius 2 is 1.95 bits per heavy atom. The molecule has 0 radical (unpaired) electrons.